The Kier molecular flexibility index (Phi) is 2.27. The van der Waals surface area contributed by atoms with Crippen molar-refractivity contribution in [1.29, 1.82) is 5.26 Å². The summed E-state index contributed by atoms with van der Waals surface area (Å²) in [6.07, 6.45) is 0. The predicted molar refractivity (Wildman–Crippen MR) is 59.0 cm³/mol. The molecule has 0 aliphatic heterocycles. The standard InChI is InChI=1S/C10H7N3OS/c11-6-8-9(12)13(10(14)15-8)7-4-2-1-3-5-7/h1-5H,12H2. The molecule has 0 bridgehead atoms. The lowest BCUT2D eigenvalue weighted by Crippen LogP contribution is -2.12. The molecule has 2 aromatic rings. The molecule has 0 unspecified atom stereocenters. The molecule has 0 atom stereocenters. The summed E-state index contributed by atoms with van der Waals surface area (Å²) < 4.78 is 1.34. The average molecular weight is 217 g/mol. The molecular weight excluding hydrogens is 210 g/mol. The van der Waals surface area contributed by atoms with Crippen molar-refractivity contribution in [2.24, 2.45) is 0 Å². The summed E-state index contributed by atoms with van der Waals surface area (Å²) in [6, 6.07) is 10.9. The molecule has 2 rings (SSSR count). The summed E-state index contributed by atoms with van der Waals surface area (Å²) >= 11 is 0.857. The SMILES string of the molecule is N#Cc1sc(=O)n(-c2ccccc2)c1N. The average Bonchev–Trinajstić information content (AvgIpc) is 2.55. The molecule has 0 aliphatic rings. The van der Waals surface area contributed by atoms with Crippen molar-refractivity contribution in [3.05, 3.63) is 44.9 Å². The highest BCUT2D eigenvalue weighted by molar-refractivity contribution is 7.10. The molecule has 15 heavy (non-hydrogen) atoms. The van der Waals surface area contributed by atoms with Gasteiger partial charge in [0, 0.05) is 0 Å². The Hall–Kier alpha value is -2.06. The highest BCUT2D eigenvalue weighted by atomic mass is 32.1. The van der Waals surface area contributed by atoms with Crippen LogP contribution in [0.5, 0.6) is 0 Å². The monoisotopic (exact) mass is 217 g/mol. The molecule has 1 aromatic heterocycles. The maximum Gasteiger partial charge on any atom is 0.314 e. The van der Waals surface area contributed by atoms with Gasteiger partial charge in [0.1, 0.15) is 11.9 Å². The third-order valence-electron chi connectivity index (χ3n) is 1.96. The first-order valence-corrected chi connectivity index (χ1v) is 5.02. The van der Waals surface area contributed by atoms with Crippen molar-refractivity contribution < 1.29 is 0 Å². The molecular formula is C10H7N3OS. The summed E-state index contributed by atoms with van der Waals surface area (Å²) in [4.78, 5) is 11.6. The number of nitriles is 1. The van der Waals surface area contributed by atoms with Gasteiger partial charge < -0.3 is 5.73 Å². The first-order chi connectivity index (χ1) is 7.24. The number of nitrogens with zero attached hydrogens (tertiary/aromatic N) is 2. The summed E-state index contributed by atoms with van der Waals surface area (Å²) in [5.74, 6) is 0.207. The van der Waals surface area contributed by atoms with E-state index in [0.717, 1.165) is 11.3 Å². The van der Waals surface area contributed by atoms with Crippen molar-refractivity contribution in [3.8, 4) is 11.8 Å². The van der Waals surface area contributed by atoms with Crippen LogP contribution >= 0.6 is 11.3 Å². The van der Waals surface area contributed by atoms with Gasteiger partial charge in [-0.15, -0.1) is 0 Å². The van der Waals surface area contributed by atoms with Crippen molar-refractivity contribution in [1.82, 2.24) is 4.57 Å². The Morgan fingerprint density at radius 3 is 2.53 bits per heavy atom. The Morgan fingerprint density at radius 2 is 2.00 bits per heavy atom. The molecule has 1 heterocycles. The van der Waals surface area contributed by atoms with Crippen molar-refractivity contribution in [2.45, 2.75) is 0 Å². The lowest BCUT2D eigenvalue weighted by atomic mass is 10.3. The number of aromatic nitrogens is 1. The summed E-state index contributed by atoms with van der Waals surface area (Å²) in [5.41, 5.74) is 6.38. The van der Waals surface area contributed by atoms with Crippen molar-refractivity contribution in [3.63, 3.8) is 0 Å². The normalized spacial score (nSPS) is 9.80. The molecule has 1 aromatic carbocycles. The highest BCUT2D eigenvalue weighted by Gasteiger charge is 2.12. The third-order valence-corrected chi connectivity index (χ3v) is 2.82. The van der Waals surface area contributed by atoms with Crippen LogP contribution in [0.2, 0.25) is 0 Å². The van der Waals surface area contributed by atoms with E-state index in [4.69, 9.17) is 11.0 Å². The molecule has 0 saturated heterocycles. The van der Waals surface area contributed by atoms with Crippen LogP contribution in [0.4, 0.5) is 5.82 Å². The fourth-order valence-corrected chi connectivity index (χ4v) is 2.00. The molecule has 0 radical (unpaired) electrons. The minimum Gasteiger partial charge on any atom is -0.383 e. The van der Waals surface area contributed by atoms with E-state index in [9.17, 15) is 4.79 Å². The van der Waals surface area contributed by atoms with Crippen LogP contribution in [0.25, 0.3) is 5.69 Å². The molecule has 0 fully saturated rings. The number of thiazole rings is 1. The Labute approximate surface area is 89.8 Å². The van der Waals surface area contributed by atoms with Crippen LogP contribution in [0, 0.1) is 11.3 Å². The van der Waals surface area contributed by atoms with E-state index in [-0.39, 0.29) is 15.6 Å². The van der Waals surface area contributed by atoms with Crippen LogP contribution in [-0.2, 0) is 0 Å². The number of benzene rings is 1. The smallest absolute Gasteiger partial charge is 0.314 e. The van der Waals surface area contributed by atoms with Gasteiger partial charge in [-0.3, -0.25) is 9.36 Å². The second-order valence-corrected chi connectivity index (χ2v) is 3.83. The first kappa shape index (κ1) is 9.49. The summed E-state index contributed by atoms with van der Waals surface area (Å²) in [6.45, 7) is 0. The lowest BCUT2D eigenvalue weighted by Gasteiger charge is -2.02. The van der Waals surface area contributed by atoms with Crippen LogP contribution in [0.15, 0.2) is 35.1 Å². The van der Waals surface area contributed by atoms with E-state index in [1.165, 1.54) is 4.57 Å². The molecule has 0 amide bonds. The number of hydrogen-bond acceptors (Lipinski definition) is 4. The van der Waals surface area contributed by atoms with Gasteiger partial charge in [0.05, 0.1) is 5.69 Å². The fraction of sp³-hybridized carbons (Fsp3) is 0. The van der Waals surface area contributed by atoms with Crippen LogP contribution in [-0.4, -0.2) is 4.57 Å². The lowest BCUT2D eigenvalue weighted by molar-refractivity contribution is 1.05. The largest absolute Gasteiger partial charge is 0.383 e. The quantitative estimate of drug-likeness (QED) is 0.783. The molecule has 5 heteroatoms. The summed E-state index contributed by atoms with van der Waals surface area (Å²) in [7, 11) is 0. The molecule has 0 spiro atoms. The molecule has 4 nitrogen and oxygen atoms in total. The summed E-state index contributed by atoms with van der Waals surface area (Å²) in [5, 5.41) is 8.73. The van der Waals surface area contributed by atoms with E-state index < -0.39 is 0 Å². The molecule has 74 valence electrons. The van der Waals surface area contributed by atoms with E-state index in [2.05, 4.69) is 0 Å². The van der Waals surface area contributed by atoms with Crippen LogP contribution in [0.3, 0.4) is 0 Å². The van der Waals surface area contributed by atoms with Gasteiger partial charge in [0.25, 0.3) is 0 Å². The maximum atomic E-state index is 11.6. The van der Waals surface area contributed by atoms with Gasteiger partial charge >= 0.3 is 4.87 Å². The number of rotatable bonds is 1. The molecule has 2 N–H and O–H groups in total. The second kappa shape index (κ2) is 3.59. The minimum absolute atomic E-state index is 0.207. The van der Waals surface area contributed by atoms with Gasteiger partial charge in [-0.05, 0) is 12.1 Å². The Morgan fingerprint density at radius 1 is 1.33 bits per heavy atom. The van der Waals surface area contributed by atoms with Crippen molar-refractivity contribution in [2.75, 3.05) is 5.73 Å². The zero-order chi connectivity index (χ0) is 10.8. The van der Waals surface area contributed by atoms with E-state index in [0.29, 0.717) is 5.69 Å². The van der Waals surface area contributed by atoms with Crippen LogP contribution < -0.4 is 10.6 Å². The Bertz CT molecular complexity index is 577. The van der Waals surface area contributed by atoms with E-state index in [1.54, 1.807) is 12.1 Å². The predicted octanol–water partition coefficient (Wildman–Crippen LogP) is 1.35. The molecule has 0 aliphatic carbocycles. The van der Waals surface area contributed by atoms with Gasteiger partial charge in [-0.25, -0.2) is 0 Å². The van der Waals surface area contributed by atoms with Gasteiger partial charge in [0.2, 0.25) is 0 Å². The van der Waals surface area contributed by atoms with Crippen LogP contribution in [0.1, 0.15) is 4.88 Å². The second-order valence-electron chi connectivity index (χ2n) is 2.87. The zero-order valence-electron chi connectivity index (χ0n) is 7.68. The zero-order valence-corrected chi connectivity index (χ0v) is 8.49. The van der Waals surface area contributed by atoms with E-state index in [1.807, 2.05) is 24.3 Å². The third kappa shape index (κ3) is 1.51. The van der Waals surface area contributed by atoms with E-state index >= 15 is 0 Å². The molecule has 0 saturated carbocycles. The number of hydrogen-bond donors (Lipinski definition) is 1. The van der Waals surface area contributed by atoms with Gasteiger partial charge in [-0.2, -0.15) is 5.26 Å². The number of nitrogen functional groups attached to an aromatic ring is 1. The topological polar surface area (TPSA) is 71.8 Å². The Balaban J connectivity index is 2.70. The first-order valence-electron chi connectivity index (χ1n) is 4.21. The maximum absolute atomic E-state index is 11.6. The number of anilines is 1. The number of nitrogens with two attached hydrogens (primary N) is 1. The highest BCUT2D eigenvalue weighted by Crippen LogP contribution is 2.18. The fourth-order valence-electron chi connectivity index (χ4n) is 1.29. The van der Waals surface area contributed by atoms with Crippen molar-refractivity contribution >= 4 is 17.2 Å². The minimum atomic E-state index is -0.241. The number of para-hydroxylation sites is 1. The van der Waals surface area contributed by atoms with Gasteiger partial charge in [-0.1, -0.05) is 29.5 Å². The van der Waals surface area contributed by atoms with Gasteiger partial charge in [0.15, 0.2) is 4.88 Å².